The van der Waals surface area contributed by atoms with Crippen molar-refractivity contribution in [2.24, 2.45) is 0 Å². The summed E-state index contributed by atoms with van der Waals surface area (Å²) in [5.74, 6) is 0. The van der Waals surface area contributed by atoms with Crippen molar-refractivity contribution in [1.29, 1.82) is 0 Å². The zero-order valence-corrected chi connectivity index (χ0v) is 9.02. The Bertz CT molecular complexity index is 447. The molecule has 2 N–H and O–H groups in total. The predicted molar refractivity (Wildman–Crippen MR) is 60.8 cm³/mol. The van der Waals surface area contributed by atoms with E-state index in [2.05, 4.69) is 17.2 Å². The summed E-state index contributed by atoms with van der Waals surface area (Å²) in [5.41, 5.74) is 2.31. The van der Waals surface area contributed by atoms with E-state index in [1.165, 1.54) is 5.56 Å². The molecule has 1 heterocycles. The summed E-state index contributed by atoms with van der Waals surface area (Å²) in [4.78, 5) is 3.22. The van der Waals surface area contributed by atoms with Crippen LogP contribution in [0.15, 0.2) is 24.4 Å². The topological polar surface area (TPSA) is 27.8 Å². The van der Waals surface area contributed by atoms with Gasteiger partial charge in [-0.1, -0.05) is 17.7 Å². The first-order chi connectivity index (χ1) is 6.74. The first kappa shape index (κ1) is 9.56. The van der Waals surface area contributed by atoms with Crippen molar-refractivity contribution in [2.75, 3.05) is 7.05 Å². The molecular formula is C11H13ClN2. The Labute approximate surface area is 88.3 Å². The van der Waals surface area contributed by atoms with Crippen LogP contribution in [0.4, 0.5) is 0 Å². The number of hydrogen-bond donors (Lipinski definition) is 2. The lowest BCUT2D eigenvalue weighted by Gasteiger charge is -2.08. The molecule has 0 bridgehead atoms. The van der Waals surface area contributed by atoms with E-state index in [1.54, 1.807) is 0 Å². The maximum absolute atomic E-state index is 6.16. The van der Waals surface area contributed by atoms with E-state index in [-0.39, 0.29) is 0 Å². The first-order valence-electron chi connectivity index (χ1n) is 4.67. The number of H-pyrrole nitrogens is 1. The van der Waals surface area contributed by atoms with Crippen LogP contribution >= 0.6 is 11.6 Å². The third-order valence-electron chi connectivity index (χ3n) is 2.58. The highest BCUT2D eigenvalue weighted by Gasteiger charge is 2.11. The molecule has 2 nitrogen and oxygen atoms in total. The molecule has 1 aromatic carbocycles. The maximum Gasteiger partial charge on any atom is 0.0503 e. The highest BCUT2D eigenvalue weighted by atomic mass is 35.5. The second-order valence-corrected chi connectivity index (χ2v) is 3.82. The Morgan fingerprint density at radius 1 is 1.43 bits per heavy atom. The van der Waals surface area contributed by atoms with Crippen LogP contribution in [-0.2, 0) is 0 Å². The maximum atomic E-state index is 6.16. The number of fused-ring (bicyclic) bond motifs is 1. The van der Waals surface area contributed by atoms with Crippen molar-refractivity contribution in [3.8, 4) is 0 Å². The number of hydrogen-bond acceptors (Lipinski definition) is 1. The van der Waals surface area contributed by atoms with Crippen molar-refractivity contribution in [3.05, 3.63) is 35.0 Å². The summed E-state index contributed by atoms with van der Waals surface area (Å²) in [6.45, 7) is 2.12. The number of benzene rings is 1. The normalized spacial score (nSPS) is 13.4. The van der Waals surface area contributed by atoms with Gasteiger partial charge in [-0.05, 0) is 31.7 Å². The fraction of sp³-hybridized carbons (Fsp3) is 0.273. The van der Waals surface area contributed by atoms with Gasteiger partial charge in [-0.3, -0.25) is 0 Å². The summed E-state index contributed by atoms with van der Waals surface area (Å²) in [5, 5.41) is 5.14. The Kier molecular flexibility index (Phi) is 2.48. The van der Waals surface area contributed by atoms with Gasteiger partial charge < -0.3 is 10.3 Å². The van der Waals surface area contributed by atoms with Gasteiger partial charge >= 0.3 is 0 Å². The molecule has 74 valence electrons. The van der Waals surface area contributed by atoms with E-state index >= 15 is 0 Å². The molecule has 0 saturated carbocycles. The average molecular weight is 209 g/mol. The Hall–Kier alpha value is -0.990. The van der Waals surface area contributed by atoms with E-state index in [0.29, 0.717) is 6.04 Å². The predicted octanol–water partition coefficient (Wildman–Crippen LogP) is 3.10. The molecule has 0 radical (unpaired) electrons. The van der Waals surface area contributed by atoms with Gasteiger partial charge in [0.1, 0.15) is 0 Å². The summed E-state index contributed by atoms with van der Waals surface area (Å²) >= 11 is 6.16. The molecule has 2 aromatic rings. The van der Waals surface area contributed by atoms with Crippen LogP contribution in [0, 0.1) is 0 Å². The van der Waals surface area contributed by atoms with Crippen molar-refractivity contribution < 1.29 is 0 Å². The van der Waals surface area contributed by atoms with Crippen molar-refractivity contribution >= 4 is 22.5 Å². The molecule has 3 heteroatoms. The lowest BCUT2D eigenvalue weighted by atomic mass is 10.1. The molecule has 1 aromatic heterocycles. The van der Waals surface area contributed by atoms with Gasteiger partial charge in [-0.15, -0.1) is 0 Å². The number of rotatable bonds is 2. The van der Waals surface area contributed by atoms with Gasteiger partial charge in [0.05, 0.1) is 5.02 Å². The SMILES string of the molecule is CNC(C)c1c[nH]c2cccc(Cl)c12. The number of aromatic nitrogens is 1. The van der Waals surface area contributed by atoms with Gasteiger partial charge in [0.25, 0.3) is 0 Å². The molecule has 1 atom stereocenters. The van der Waals surface area contributed by atoms with Gasteiger partial charge in [0.15, 0.2) is 0 Å². The summed E-state index contributed by atoms with van der Waals surface area (Å²) in [7, 11) is 1.94. The van der Waals surface area contributed by atoms with Crippen molar-refractivity contribution in [3.63, 3.8) is 0 Å². The largest absolute Gasteiger partial charge is 0.361 e. The Morgan fingerprint density at radius 3 is 2.93 bits per heavy atom. The van der Waals surface area contributed by atoms with Crippen LogP contribution in [-0.4, -0.2) is 12.0 Å². The van der Waals surface area contributed by atoms with Crippen LogP contribution < -0.4 is 5.32 Å². The molecule has 0 aliphatic carbocycles. The average Bonchev–Trinajstić information content (AvgIpc) is 2.62. The number of nitrogens with one attached hydrogen (secondary N) is 2. The molecule has 2 rings (SSSR count). The van der Waals surface area contributed by atoms with E-state index in [1.807, 2.05) is 31.4 Å². The van der Waals surface area contributed by atoms with Crippen molar-refractivity contribution in [2.45, 2.75) is 13.0 Å². The van der Waals surface area contributed by atoms with Crippen LogP contribution in [0.3, 0.4) is 0 Å². The third kappa shape index (κ3) is 1.41. The summed E-state index contributed by atoms with van der Waals surface area (Å²) in [6.07, 6.45) is 2.01. The lowest BCUT2D eigenvalue weighted by Crippen LogP contribution is -2.11. The molecule has 0 aliphatic rings. The smallest absolute Gasteiger partial charge is 0.0503 e. The van der Waals surface area contributed by atoms with Gasteiger partial charge in [0, 0.05) is 23.1 Å². The van der Waals surface area contributed by atoms with Gasteiger partial charge in [-0.25, -0.2) is 0 Å². The molecular weight excluding hydrogens is 196 g/mol. The zero-order chi connectivity index (χ0) is 10.1. The highest BCUT2D eigenvalue weighted by Crippen LogP contribution is 2.29. The fourth-order valence-electron chi connectivity index (χ4n) is 1.66. The third-order valence-corrected chi connectivity index (χ3v) is 2.90. The minimum atomic E-state index is 0.309. The van der Waals surface area contributed by atoms with Crippen LogP contribution in [0.2, 0.25) is 5.02 Å². The van der Waals surface area contributed by atoms with E-state index in [9.17, 15) is 0 Å². The lowest BCUT2D eigenvalue weighted by molar-refractivity contribution is 0.657. The molecule has 0 amide bonds. The monoisotopic (exact) mass is 208 g/mol. The summed E-state index contributed by atoms with van der Waals surface area (Å²) < 4.78 is 0. The second kappa shape index (κ2) is 3.64. The van der Waals surface area contributed by atoms with Crippen LogP contribution in [0.5, 0.6) is 0 Å². The highest BCUT2D eigenvalue weighted by molar-refractivity contribution is 6.35. The van der Waals surface area contributed by atoms with Crippen molar-refractivity contribution in [1.82, 2.24) is 10.3 Å². The Morgan fingerprint density at radius 2 is 2.21 bits per heavy atom. The van der Waals surface area contributed by atoms with E-state index < -0.39 is 0 Å². The van der Waals surface area contributed by atoms with Crippen LogP contribution in [0.25, 0.3) is 10.9 Å². The van der Waals surface area contributed by atoms with E-state index in [0.717, 1.165) is 15.9 Å². The summed E-state index contributed by atoms with van der Waals surface area (Å²) in [6, 6.07) is 6.22. The van der Waals surface area contributed by atoms with Crippen LogP contribution in [0.1, 0.15) is 18.5 Å². The Balaban J connectivity index is 2.67. The molecule has 0 aliphatic heterocycles. The first-order valence-corrected chi connectivity index (χ1v) is 5.04. The fourth-order valence-corrected chi connectivity index (χ4v) is 1.95. The number of halogens is 1. The minimum Gasteiger partial charge on any atom is -0.361 e. The molecule has 0 saturated heterocycles. The zero-order valence-electron chi connectivity index (χ0n) is 8.26. The second-order valence-electron chi connectivity index (χ2n) is 3.42. The minimum absolute atomic E-state index is 0.309. The van der Waals surface area contributed by atoms with Gasteiger partial charge in [0.2, 0.25) is 0 Å². The van der Waals surface area contributed by atoms with Gasteiger partial charge in [-0.2, -0.15) is 0 Å². The number of aromatic amines is 1. The molecule has 14 heavy (non-hydrogen) atoms. The quantitative estimate of drug-likeness (QED) is 0.780. The van der Waals surface area contributed by atoms with E-state index in [4.69, 9.17) is 11.6 Å². The molecule has 1 unspecified atom stereocenters. The molecule has 0 fully saturated rings. The standard InChI is InChI=1S/C11H13ClN2/c1-7(13-2)8-6-14-10-5-3-4-9(12)11(8)10/h3-7,13-14H,1-2H3. The molecule has 0 spiro atoms.